The van der Waals surface area contributed by atoms with Crippen LogP contribution in [-0.4, -0.2) is 53.2 Å². The van der Waals surface area contributed by atoms with Crippen molar-refractivity contribution < 1.29 is 23.9 Å². The highest BCUT2D eigenvalue weighted by molar-refractivity contribution is 7.07. The van der Waals surface area contributed by atoms with E-state index in [4.69, 9.17) is 4.74 Å². The first-order chi connectivity index (χ1) is 16.0. The quantitative estimate of drug-likeness (QED) is 0.379. The van der Waals surface area contributed by atoms with Gasteiger partial charge in [0.2, 0.25) is 0 Å². The number of likely N-dealkylation sites (N-methyl/N-ethyl adjacent to an activating group) is 1. The van der Waals surface area contributed by atoms with Crippen molar-refractivity contribution in [3.05, 3.63) is 93.7 Å². The molecule has 0 bridgehead atoms. The number of thiophene rings is 1. The number of hydrogen-bond donors (Lipinski definition) is 0. The van der Waals surface area contributed by atoms with Crippen LogP contribution in [0.15, 0.2) is 71.4 Å². The van der Waals surface area contributed by atoms with Crippen molar-refractivity contribution in [1.82, 2.24) is 9.80 Å². The number of amides is 3. The van der Waals surface area contributed by atoms with E-state index in [1.807, 2.05) is 35.0 Å². The maximum Gasteiger partial charge on any atom is 0.330 e. The van der Waals surface area contributed by atoms with Crippen LogP contribution >= 0.6 is 11.3 Å². The van der Waals surface area contributed by atoms with Gasteiger partial charge < -0.3 is 9.64 Å². The summed E-state index contributed by atoms with van der Waals surface area (Å²) in [5, 5.41) is 3.86. The molecule has 0 fully saturated rings. The van der Waals surface area contributed by atoms with E-state index in [2.05, 4.69) is 0 Å². The standard InChI is InChI=1S/C25H22N2O5S/c1-26(14-18-11-12-33-16-18)22(28)15-32-25(31)21(13-17-7-3-2-4-8-17)27-23(29)19-9-5-6-10-20(19)24(27)30/h2-12,16,21H,13-15H2,1H3/t21-/m0/s1. The van der Waals surface area contributed by atoms with Crippen LogP contribution in [-0.2, 0) is 27.3 Å². The van der Waals surface area contributed by atoms with Crippen molar-refractivity contribution in [1.29, 1.82) is 0 Å². The maximum absolute atomic E-state index is 13.1. The lowest BCUT2D eigenvalue weighted by molar-refractivity contribution is -0.155. The number of nitrogens with zero attached hydrogens (tertiary/aromatic N) is 2. The molecule has 8 heteroatoms. The van der Waals surface area contributed by atoms with Gasteiger partial charge in [0.05, 0.1) is 11.1 Å². The summed E-state index contributed by atoms with van der Waals surface area (Å²) in [7, 11) is 1.62. The molecule has 1 aromatic heterocycles. The molecule has 33 heavy (non-hydrogen) atoms. The van der Waals surface area contributed by atoms with E-state index in [0.717, 1.165) is 16.0 Å². The molecule has 0 saturated heterocycles. The van der Waals surface area contributed by atoms with Gasteiger partial charge in [-0.1, -0.05) is 42.5 Å². The molecule has 7 nitrogen and oxygen atoms in total. The number of carbonyl (C=O) groups is 4. The van der Waals surface area contributed by atoms with Crippen LogP contribution in [0.2, 0.25) is 0 Å². The Kier molecular flexibility index (Phi) is 6.65. The lowest BCUT2D eigenvalue weighted by Crippen LogP contribution is -2.47. The normalized spacial score (nSPS) is 13.5. The predicted molar refractivity (Wildman–Crippen MR) is 123 cm³/mol. The van der Waals surface area contributed by atoms with Gasteiger partial charge in [-0.25, -0.2) is 4.79 Å². The van der Waals surface area contributed by atoms with E-state index in [-0.39, 0.29) is 23.5 Å². The van der Waals surface area contributed by atoms with Gasteiger partial charge >= 0.3 is 5.97 Å². The molecule has 1 aliphatic rings. The minimum absolute atomic E-state index is 0.0874. The van der Waals surface area contributed by atoms with Gasteiger partial charge in [-0.15, -0.1) is 0 Å². The van der Waals surface area contributed by atoms with Crippen LogP contribution in [0.4, 0.5) is 0 Å². The topological polar surface area (TPSA) is 84.0 Å². The van der Waals surface area contributed by atoms with Crippen LogP contribution in [0, 0.1) is 0 Å². The summed E-state index contributed by atoms with van der Waals surface area (Å²) in [6.07, 6.45) is 0.0874. The molecular formula is C25H22N2O5S. The minimum atomic E-state index is -1.19. The monoisotopic (exact) mass is 462 g/mol. The summed E-state index contributed by atoms with van der Waals surface area (Å²) in [4.78, 5) is 54.0. The lowest BCUT2D eigenvalue weighted by atomic mass is 10.0. The van der Waals surface area contributed by atoms with Crippen molar-refractivity contribution in [2.45, 2.75) is 19.0 Å². The van der Waals surface area contributed by atoms with E-state index in [1.54, 1.807) is 43.4 Å². The maximum atomic E-state index is 13.1. The van der Waals surface area contributed by atoms with E-state index < -0.39 is 30.4 Å². The van der Waals surface area contributed by atoms with Crippen molar-refractivity contribution >= 4 is 35.0 Å². The number of hydrogen-bond acceptors (Lipinski definition) is 6. The summed E-state index contributed by atoms with van der Waals surface area (Å²) in [5.74, 6) is -2.27. The summed E-state index contributed by atoms with van der Waals surface area (Å²) in [5.41, 5.74) is 2.24. The third-order valence-electron chi connectivity index (χ3n) is 5.44. The molecule has 0 N–H and O–H groups in total. The number of rotatable bonds is 8. The Balaban J connectivity index is 1.50. The van der Waals surface area contributed by atoms with Gasteiger partial charge in [0, 0.05) is 20.0 Å². The molecule has 3 aromatic rings. The molecule has 4 rings (SSSR count). The zero-order valence-electron chi connectivity index (χ0n) is 18.0. The smallest absolute Gasteiger partial charge is 0.330 e. The molecule has 0 radical (unpaired) electrons. The molecule has 0 spiro atoms. The van der Waals surface area contributed by atoms with E-state index in [0.29, 0.717) is 6.54 Å². The zero-order chi connectivity index (χ0) is 23.4. The van der Waals surface area contributed by atoms with Gasteiger partial charge in [-0.3, -0.25) is 19.3 Å². The second-order valence-corrected chi connectivity index (χ2v) is 8.50. The van der Waals surface area contributed by atoms with E-state index in [9.17, 15) is 19.2 Å². The third kappa shape index (κ3) is 4.85. The Morgan fingerprint density at radius 1 is 0.939 bits per heavy atom. The number of benzene rings is 2. The second kappa shape index (κ2) is 9.79. The minimum Gasteiger partial charge on any atom is -0.454 e. The highest BCUT2D eigenvalue weighted by Crippen LogP contribution is 2.26. The molecule has 0 aliphatic carbocycles. The molecule has 0 unspecified atom stereocenters. The Bertz CT molecular complexity index is 1140. The van der Waals surface area contributed by atoms with Gasteiger partial charge in [0.25, 0.3) is 17.7 Å². The Morgan fingerprint density at radius 3 is 2.18 bits per heavy atom. The Hall–Kier alpha value is -3.78. The fraction of sp³-hybridized carbons (Fsp3) is 0.200. The highest BCUT2D eigenvalue weighted by Gasteiger charge is 2.43. The van der Waals surface area contributed by atoms with Gasteiger partial charge in [-0.2, -0.15) is 11.3 Å². The van der Waals surface area contributed by atoms with Crippen LogP contribution in [0.3, 0.4) is 0 Å². The molecule has 168 valence electrons. The van der Waals surface area contributed by atoms with Crippen molar-refractivity contribution in [3.8, 4) is 0 Å². The third-order valence-corrected chi connectivity index (χ3v) is 6.18. The Labute approximate surface area is 195 Å². The summed E-state index contributed by atoms with van der Waals surface area (Å²) in [6.45, 7) is -0.0837. The van der Waals surface area contributed by atoms with Crippen LogP contribution in [0.5, 0.6) is 0 Å². The fourth-order valence-corrected chi connectivity index (χ4v) is 4.35. The number of fused-ring (bicyclic) bond motifs is 1. The molecule has 1 aliphatic heterocycles. The van der Waals surface area contributed by atoms with Gasteiger partial charge in [-0.05, 0) is 40.1 Å². The van der Waals surface area contributed by atoms with Gasteiger partial charge in [0.15, 0.2) is 6.61 Å². The second-order valence-electron chi connectivity index (χ2n) is 7.72. The first-order valence-electron chi connectivity index (χ1n) is 10.4. The first-order valence-corrected chi connectivity index (χ1v) is 11.3. The SMILES string of the molecule is CN(Cc1ccsc1)C(=O)COC(=O)[C@H](Cc1ccccc1)N1C(=O)c2ccccc2C1=O. The Morgan fingerprint density at radius 2 is 1.58 bits per heavy atom. The number of carbonyl (C=O) groups excluding carboxylic acids is 4. The van der Waals surface area contributed by atoms with Crippen LogP contribution in [0.1, 0.15) is 31.8 Å². The average Bonchev–Trinajstić information content (AvgIpc) is 3.43. The fourth-order valence-electron chi connectivity index (χ4n) is 3.69. The summed E-state index contributed by atoms with van der Waals surface area (Å²) >= 11 is 1.53. The average molecular weight is 463 g/mol. The molecule has 2 heterocycles. The molecule has 0 saturated carbocycles. The molecule has 3 amide bonds. The number of imide groups is 1. The van der Waals surface area contributed by atoms with Gasteiger partial charge in [0.1, 0.15) is 6.04 Å². The van der Waals surface area contributed by atoms with E-state index in [1.165, 1.54) is 16.2 Å². The summed E-state index contributed by atoms with van der Waals surface area (Å²) < 4.78 is 5.31. The van der Waals surface area contributed by atoms with Crippen molar-refractivity contribution in [2.24, 2.45) is 0 Å². The highest BCUT2D eigenvalue weighted by atomic mass is 32.1. The van der Waals surface area contributed by atoms with E-state index >= 15 is 0 Å². The largest absolute Gasteiger partial charge is 0.454 e. The predicted octanol–water partition coefficient (Wildman–Crippen LogP) is 3.16. The van der Waals surface area contributed by atoms with Crippen LogP contribution in [0.25, 0.3) is 0 Å². The van der Waals surface area contributed by atoms with Crippen molar-refractivity contribution in [3.63, 3.8) is 0 Å². The molecule has 2 aromatic carbocycles. The zero-order valence-corrected chi connectivity index (χ0v) is 18.8. The molecular weight excluding hydrogens is 440 g/mol. The number of esters is 1. The summed E-state index contributed by atoms with van der Waals surface area (Å²) in [6, 6.07) is 16.2. The van der Waals surface area contributed by atoms with Crippen molar-refractivity contribution in [2.75, 3.05) is 13.7 Å². The number of ether oxygens (including phenoxy) is 1. The van der Waals surface area contributed by atoms with Crippen LogP contribution < -0.4 is 0 Å². The molecule has 1 atom stereocenters. The first kappa shape index (κ1) is 22.4. The lowest BCUT2D eigenvalue weighted by Gasteiger charge is -2.25.